The van der Waals surface area contributed by atoms with Crippen LogP contribution in [0.25, 0.3) is 0 Å². The molecule has 0 saturated heterocycles. The Bertz CT molecular complexity index is 218. The number of aliphatic hydroxyl groups excluding tert-OH is 1. The Morgan fingerprint density at radius 3 is 2.47 bits per heavy atom. The molecule has 3 heteroatoms. The summed E-state index contributed by atoms with van der Waals surface area (Å²) in [6, 6.07) is 1.36. The first-order valence-electron chi connectivity index (χ1n) is 7.18. The molecule has 0 spiro atoms. The first kappa shape index (κ1) is 14.9. The number of nitrogens with one attached hydrogen (secondary N) is 1. The zero-order valence-electron chi connectivity index (χ0n) is 12.0. The van der Waals surface area contributed by atoms with Gasteiger partial charge in [0.25, 0.3) is 0 Å². The minimum absolute atomic E-state index is 0.127. The predicted octanol–water partition coefficient (Wildman–Crippen LogP) is 2.00. The quantitative estimate of drug-likeness (QED) is 0.649. The average molecular weight is 242 g/mol. The van der Waals surface area contributed by atoms with Crippen LogP contribution in [-0.4, -0.2) is 47.3 Å². The molecular weight excluding hydrogens is 212 g/mol. The molecule has 0 amide bonds. The van der Waals surface area contributed by atoms with Crippen molar-refractivity contribution in [1.82, 2.24) is 10.2 Å². The summed E-state index contributed by atoms with van der Waals surface area (Å²) in [5.74, 6) is 0. The Kier molecular flexibility index (Phi) is 5.90. The lowest BCUT2D eigenvalue weighted by atomic mass is 9.93. The van der Waals surface area contributed by atoms with Gasteiger partial charge in [-0.05, 0) is 52.6 Å². The van der Waals surface area contributed by atoms with Crippen molar-refractivity contribution in [3.63, 3.8) is 0 Å². The molecule has 1 rings (SSSR count). The molecule has 0 radical (unpaired) electrons. The fourth-order valence-corrected chi connectivity index (χ4v) is 2.72. The molecular formula is C14H30N2O. The number of nitrogens with zero attached hydrogens (tertiary/aromatic N) is 1. The largest absolute Gasteiger partial charge is 0.394 e. The van der Waals surface area contributed by atoms with Gasteiger partial charge in [0, 0.05) is 17.6 Å². The molecule has 3 nitrogen and oxygen atoms in total. The Labute approximate surface area is 107 Å². The molecule has 2 N–H and O–H groups in total. The molecule has 0 heterocycles. The number of hydrogen-bond acceptors (Lipinski definition) is 3. The SMILES string of the molecule is CCCNC(C)(CO)CC(C)N(CC)C1CC1. The fraction of sp³-hybridized carbons (Fsp3) is 1.00. The van der Waals surface area contributed by atoms with E-state index in [0.717, 1.165) is 32.0 Å². The molecule has 0 bridgehead atoms. The third kappa shape index (κ3) is 4.57. The summed E-state index contributed by atoms with van der Waals surface area (Å²) < 4.78 is 0. The predicted molar refractivity (Wildman–Crippen MR) is 73.3 cm³/mol. The molecule has 1 saturated carbocycles. The maximum Gasteiger partial charge on any atom is 0.0611 e. The molecule has 1 aliphatic carbocycles. The maximum atomic E-state index is 9.59. The summed E-state index contributed by atoms with van der Waals surface area (Å²) in [7, 11) is 0. The van der Waals surface area contributed by atoms with Crippen molar-refractivity contribution in [2.75, 3.05) is 19.7 Å². The number of rotatable bonds is 9. The lowest BCUT2D eigenvalue weighted by Crippen LogP contribution is -2.51. The van der Waals surface area contributed by atoms with E-state index < -0.39 is 0 Å². The Morgan fingerprint density at radius 1 is 1.41 bits per heavy atom. The molecule has 0 aromatic carbocycles. The lowest BCUT2D eigenvalue weighted by Gasteiger charge is -2.36. The molecule has 1 aliphatic rings. The number of hydrogen-bond donors (Lipinski definition) is 2. The van der Waals surface area contributed by atoms with Crippen molar-refractivity contribution in [2.45, 2.75) is 71.0 Å². The highest BCUT2D eigenvalue weighted by Crippen LogP contribution is 2.30. The van der Waals surface area contributed by atoms with Gasteiger partial charge < -0.3 is 10.4 Å². The van der Waals surface area contributed by atoms with E-state index >= 15 is 0 Å². The Morgan fingerprint density at radius 2 is 2.06 bits per heavy atom. The van der Waals surface area contributed by atoms with Crippen molar-refractivity contribution in [3.8, 4) is 0 Å². The first-order valence-corrected chi connectivity index (χ1v) is 7.18. The molecule has 2 atom stereocenters. The topological polar surface area (TPSA) is 35.5 Å². The second kappa shape index (κ2) is 6.72. The monoisotopic (exact) mass is 242 g/mol. The van der Waals surface area contributed by atoms with Crippen molar-refractivity contribution in [2.24, 2.45) is 0 Å². The van der Waals surface area contributed by atoms with Crippen LogP contribution in [-0.2, 0) is 0 Å². The second-order valence-electron chi connectivity index (χ2n) is 5.76. The van der Waals surface area contributed by atoms with E-state index in [2.05, 4.69) is 37.9 Å². The third-order valence-corrected chi connectivity index (χ3v) is 3.84. The van der Waals surface area contributed by atoms with Gasteiger partial charge in [0.1, 0.15) is 0 Å². The van der Waals surface area contributed by atoms with Crippen molar-refractivity contribution in [1.29, 1.82) is 0 Å². The summed E-state index contributed by atoms with van der Waals surface area (Å²) in [5, 5.41) is 13.1. The summed E-state index contributed by atoms with van der Waals surface area (Å²) in [5.41, 5.74) is -0.127. The smallest absolute Gasteiger partial charge is 0.0611 e. The molecule has 0 aromatic heterocycles. The zero-order chi connectivity index (χ0) is 12.9. The van der Waals surface area contributed by atoms with E-state index in [1.807, 2.05) is 0 Å². The van der Waals surface area contributed by atoms with Crippen molar-refractivity contribution >= 4 is 0 Å². The molecule has 1 fully saturated rings. The maximum absolute atomic E-state index is 9.59. The Hall–Kier alpha value is -0.120. The van der Waals surface area contributed by atoms with Gasteiger partial charge in [0.05, 0.1) is 6.61 Å². The highest BCUT2D eigenvalue weighted by molar-refractivity contribution is 4.92. The summed E-state index contributed by atoms with van der Waals surface area (Å²) in [6.07, 6.45) is 4.85. The van der Waals surface area contributed by atoms with Crippen LogP contribution in [0, 0.1) is 0 Å². The molecule has 2 unspecified atom stereocenters. The van der Waals surface area contributed by atoms with Crippen molar-refractivity contribution < 1.29 is 5.11 Å². The fourth-order valence-electron chi connectivity index (χ4n) is 2.72. The average Bonchev–Trinajstić information content (AvgIpc) is 3.12. The highest BCUT2D eigenvalue weighted by atomic mass is 16.3. The van der Waals surface area contributed by atoms with Crippen LogP contribution in [0.1, 0.15) is 53.4 Å². The Balaban J connectivity index is 2.47. The summed E-state index contributed by atoms with van der Waals surface area (Å²) in [6.45, 7) is 11.2. The van der Waals surface area contributed by atoms with E-state index in [9.17, 15) is 5.11 Å². The molecule has 102 valence electrons. The lowest BCUT2D eigenvalue weighted by molar-refractivity contribution is 0.113. The standard InChI is InChI=1S/C14H30N2O/c1-5-9-15-14(4,11-17)10-12(3)16(6-2)13-7-8-13/h12-13,15,17H,5-11H2,1-4H3. The van der Waals surface area contributed by atoms with E-state index in [0.29, 0.717) is 6.04 Å². The van der Waals surface area contributed by atoms with Crippen molar-refractivity contribution in [3.05, 3.63) is 0 Å². The molecule has 0 aliphatic heterocycles. The van der Waals surface area contributed by atoms with Gasteiger partial charge in [-0.2, -0.15) is 0 Å². The van der Waals surface area contributed by atoms with Gasteiger partial charge in [0.15, 0.2) is 0 Å². The molecule has 17 heavy (non-hydrogen) atoms. The van der Waals surface area contributed by atoms with Gasteiger partial charge in [-0.3, -0.25) is 4.90 Å². The van der Waals surface area contributed by atoms with Crippen LogP contribution in [0.2, 0.25) is 0 Å². The van der Waals surface area contributed by atoms with Gasteiger partial charge in [-0.15, -0.1) is 0 Å². The minimum Gasteiger partial charge on any atom is -0.394 e. The number of aliphatic hydroxyl groups is 1. The van der Waals surface area contributed by atoms with Crippen LogP contribution in [0.15, 0.2) is 0 Å². The molecule has 0 aromatic rings. The van der Waals surface area contributed by atoms with E-state index in [-0.39, 0.29) is 12.1 Å². The van der Waals surface area contributed by atoms with Crippen LogP contribution in [0.4, 0.5) is 0 Å². The van der Waals surface area contributed by atoms with Crippen LogP contribution >= 0.6 is 0 Å². The third-order valence-electron chi connectivity index (χ3n) is 3.84. The van der Waals surface area contributed by atoms with E-state index in [4.69, 9.17) is 0 Å². The van der Waals surface area contributed by atoms with E-state index in [1.54, 1.807) is 0 Å². The van der Waals surface area contributed by atoms with Gasteiger partial charge in [0.2, 0.25) is 0 Å². The summed E-state index contributed by atoms with van der Waals surface area (Å²) in [4.78, 5) is 2.58. The van der Waals surface area contributed by atoms with Gasteiger partial charge in [-0.1, -0.05) is 13.8 Å². The highest BCUT2D eigenvalue weighted by Gasteiger charge is 2.34. The summed E-state index contributed by atoms with van der Waals surface area (Å²) >= 11 is 0. The normalized spacial score (nSPS) is 21.5. The second-order valence-corrected chi connectivity index (χ2v) is 5.76. The zero-order valence-corrected chi connectivity index (χ0v) is 12.0. The van der Waals surface area contributed by atoms with Gasteiger partial charge >= 0.3 is 0 Å². The first-order chi connectivity index (χ1) is 8.06. The van der Waals surface area contributed by atoms with E-state index in [1.165, 1.54) is 12.8 Å². The van der Waals surface area contributed by atoms with Crippen LogP contribution in [0.5, 0.6) is 0 Å². The van der Waals surface area contributed by atoms with Crippen LogP contribution < -0.4 is 5.32 Å². The van der Waals surface area contributed by atoms with Crippen LogP contribution in [0.3, 0.4) is 0 Å². The minimum atomic E-state index is -0.127. The van der Waals surface area contributed by atoms with Gasteiger partial charge in [-0.25, -0.2) is 0 Å².